The van der Waals surface area contributed by atoms with Crippen molar-refractivity contribution in [3.05, 3.63) is 23.3 Å². The predicted molar refractivity (Wildman–Crippen MR) is 131 cm³/mol. The molecule has 0 heterocycles. The van der Waals surface area contributed by atoms with E-state index >= 15 is 0 Å². The van der Waals surface area contributed by atoms with Gasteiger partial charge in [-0.25, -0.2) is 0 Å². The van der Waals surface area contributed by atoms with E-state index in [1.54, 1.807) is 6.08 Å². The van der Waals surface area contributed by atoms with Crippen LogP contribution in [0.1, 0.15) is 93.4 Å². The molecule has 4 aliphatic carbocycles. The summed E-state index contributed by atoms with van der Waals surface area (Å²) in [5.74, 6) is 2.00. The maximum absolute atomic E-state index is 13.3. The highest BCUT2D eigenvalue weighted by atomic mass is 16.3. The lowest BCUT2D eigenvalue weighted by atomic mass is 9.43. The van der Waals surface area contributed by atoms with Gasteiger partial charge in [0.1, 0.15) is 5.60 Å². The summed E-state index contributed by atoms with van der Waals surface area (Å²) in [4.78, 5) is 13.3. The van der Waals surface area contributed by atoms with Crippen LogP contribution in [0.2, 0.25) is 0 Å². The van der Waals surface area contributed by atoms with Crippen molar-refractivity contribution in [2.24, 2.45) is 40.4 Å². The molecule has 186 valence electrons. The number of rotatable bonds is 4. The van der Waals surface area contributed by atoms with Gasteiger partial charge in [-0.2, -0.15) is 0 Å². The number of carbonyl (C=O) groups excluding carboxylic acids is 1. The highest BCUT2D eigenvalue weighted by Crippen LogP contribution is 2.68. The molecule has 0 aromatic heterocycles. The molecule has 3 fully saturated rings. The SMILES string of the molecule is CC(=CC(C)C1CCC2C3=CC(=O)C4(O)CC(O)CCC4(C)C3(O)CCC21C)C(C)C(C)C. The number of aliphatic hydroxyl groups is 3. The molecule has 0 amide bonds. The van der Waals surface area contributed by atoms with Gasteiger partial charge in [-0.3, -0.25) is 4.79 Å². The summed E-state index contributed by atoms with van der Waals surface area (Å²) < 4.78 is 0. The van der Waals surface area contributed by atoms with E-state index in [4.69, 9.17) is 0 Å². The van der Waals surface area contributed by atoms with E-state index < -0.39 is 22.7 Å². The lowest BCUT2D eigenvalue weighted by Gasteiger charge is -2.63. The lowest BCUT2D eigenvalue weighted by Crippen LogP contribution is -2.71. The first-order valence-corrected chi connectivity index (χ1v) is 13.3. The number of aliphatic hydroxyl groups excluding tert-OH is 1. The van der Waals surface area contributed by atoms with Gasteiger partial charge in [0.05, 0.1) is 11.7 Å². The van der Waals surface area contributed by atoms with E-state index in [0.717, 1.165) is 24.8 Å². The Kier molecular flexibility index (Phi) is 6.12. The molecular weight excluding hydrogens is 412 g/mol. The average Bonchev–Trinajstić information content (AvgIpc) is 3.09. The summed E-state index contributed by atoms with van der Waals surface area (Å²) in [6, 6.07) is 0. The van der Waals surface area contributed by atoms with E-state index in [1.165, 1.54) is 5.57 Å². The maximum Gasteiger partial charge on any atom is 0.188 e. The number of carbonyl (C=O) groups is 1. The Morgan fingerprint density at radius 1 is 1.03 bits per heavy atom. The topological polar surface area (TPSA) is 77.8 Å². The second-order valence-electron chi connectivity index (χ2n) is 13.0. The summed E-state index contributed by atoms with van der Waals surface area (Å²) in [5, 5.41) is 34.0. The first kappa shape index (κ1) is 25.1. The van der Waals surface area contributed by atoms with Crippen molar-refractivity contribution in [2.75, 3.05) is 0 Å². The van der Waals surface area contributed by atoms with Gasteiger partial charge in [-0.1, -0.05) is 53.2 Å². The van der Waals surface area contributed by atoms with Crippen LogP contribution in [-0.2, 0) is 4.79 Å². The summed E-state index contributed by atoms with van der Waals surface area (Å²) >= 11 is 0. The number of ketones is 1. The molecule has 0 spiro atoms. The largest absolute Gasteiger partial charge is 0.393 e. The molecule has 3 saturated carbocycles. The summed E-state index contributed by atoms with van der Waals surface area (Å²) in [6.45, 7) is 15.7. The number of fused-ring (bicyclic) bond motifs is 5. The van der Waals surface area contributed by atoms with Crippen LogP contribution in [-0.4, -0.2) is 38.4 Å². The van der Waals surface area contributed by atoms with Crippen LogP contribution in [0.25, 0.3) is 0 Å². The van der Waals surface area contributed by atoms with Crippen LogP contribution in [0.5, 0.6) is 0 Å². The summed E-state index contributed by atoms with van der Waals surface area (Å²) in [6.07, 6.45) is 7.93. The van der Waals surface area contributed by atoms with Gasteiger partial charge >= 0.3 is 0 Å². The van der Waals surface area contributed by atoms with Crippen LogP contribution < -0.4 is 0 Å². The molecule has 33 heavy (non-hydrogen) atoms. The van der Waals surface area contributed by atoms with Crippen LogP contribution in [0.15, 0.2) is 23.3 Å². The van der Waals surface area contributed by atoms with E-state index in [2.05, 4.69) is 47.6 Å². The van der Waals surface area contributed by atoms with Crippen molar-refractivity contribution in [1.82, 2.24) is 0 Å². The van der Waals surface area contributed by atoms with Crippen molar-refractivity contribution in [2.45, 2.75) is 111 Å². The van der Waals surface area contributed by atoms with Gasteiger partial charge in [-0.05, 0) is 92.1 Å². The molecule has 4 rings (SSSR count). The molecule has 4 aliphatic rings. The molecule has 9 unspecified atom stereocenters. The minimum Gasteiger partial charge on any atom is -0.393 e. The normalized spacial score (nSPS) is 47.5. The fraction of sp³-hybridized carbons (Fsp3) is 0.828. The molecular formula is C29H46O4. The van der Waals surface area contributed by atoms with Crippen molar-refractivity contribution in [3.8, 4) is 0 Å². The highest BCUT2D eigenvalue weighted by Gasteiger charge is 2.71. The average molecular weight is 459 g/mol. The van der Waals surface area contributed by atoms with E-state index in [0.29, 0.717) is 42.9 Å². The molecule has 0 aromatic carbocycles. The molecule has 0 radical (unpaired) electrons. The quantitative estimate of drug-likeness (QED) is 0.506. The van der Waals surface area contributed by atoms with E-state index in [9.17, 15) is 20.1 Å². The van der Waals surface area contributed by atoms with Gasteiger partial charge in [-0.15, -0.1) is 0 Å². The second kappa shape index (κ2) is 8.03. The van der Waals surface area contributed by atoms with E-state index in [-0.39, 0.29) is 23.5 Å². The minimum atomic E-state index is -1.69. The third kappa shape index (κ3) is 3.37. The van der Waals surface area contributed by atoms with Gasteiger partial charge in [0.25, 0.3) is 0 Å². The zero-order chi connectivity index (χ0) is 24.6. The monoisotopic (exact) mass is 458 g/mol. The Hall–Kier alpha value is -0.970. The molecule has 4 heteroatoms. The smallest absolute Gasteiger partial charge is 0.188 e. The maximum atomic E-state index is 13.3. The van der Waals surface area contributed by atoms with E-state index in [1.807, 2.05) is 6.92 Å². The third-order valence-electron chi connectivity index (χ3n) is 11.2. The summed E-state index contributed by atoms with van der Waals surface area (Å²) in [7, 11) is 0. The Bertz CT molecular complexity index is 873. The van der Waals surface area contributed by atoms with Crippen LogP contribution in [0, 0.1) is 40.4 Å². The fourth-order valence-corrected chi connectivity index (χ4v) is 8.42. The fourth-order valence-electron chi connectivity index (χ4n) is 8.42. The second-order valence-corrected chi connectivity index (χ2v) is 13.0. The Morgan fingerprint density at radius 3 is 2.33 bits per heavy atom. The summed E-state index contributed by atoms with van der Waals surface area (Å²) in [5.41, 5.74) is -1.45. The van der Waals surface area contributed by atoms with Crippen LogP contribution >= 0.6 is 0 Å². The zero-order valence-electron chi connectivity index (χ0n) is 21.8. The van der Waals surface area contributed by atoms with Crippen LogP contribution in [0.4, 0.5) is 0 Å². The molecule has 9 atom stereocenters. The lowest BCUT2D eigenvalue weighted by molar-refractivity contribution is -0.223. The standard InChI is InChI=1S/C29H46O4/c1-17(2)20(5)18(3)14-19(4)22-8-9-23-24-15-25(31)29(33)16-21(30)10-11-27(29,7)28(24,32)13-12-26(22,23)6/h14-15,17,19-23,30,32-33H,8-13,16H2,1-7H3. The van der Waals surface area contributed by atoms with Crippen molar-refractivity contribution in [1.29, 1.82) is 0 Å². The molecule has 0 saturated heterocycles. The third-order valence-corrected chi connectivity index (χ3v) is 11.2. The highest BCUT2D eigenvalue weighted by molar-refractivity contribution is 6.00. The number of allylic oxidation sites excluding steroid dienone is 2. The molecule has 0 aromatic rings. The zero-order valence-corrected chi connectivity index (χ0v) is 21.8. The Morgan fingerprint density at radius 2 is 1.70 bits per heavy atom. The van der Waals surface area contributed by atoms with Crippen molar-refractivity contribution < 1.29 is 20.1 Å². The van der Waals surface area contributed by atoms with Gasteiger partial charge < -0.3 is 15.3 Å². The molecule has 0 bridgehead atoms. The molecule has 0 aliphatic heterocycles. The van der Waals surface area contributed by atoms with Crippen LogP contribution in [0.3, 0.4) is 0 Å². The Labute approximate surface area is 200 Å². The van der Waals surface area contributed by atoms with Crippen molar-refractivity contribution >= 4 is 5.78 Å². The molecule has 4 nitrogen and oxygen atoms in total. The number of hydrogen-bond donors (Lipinski definition) is 3. The van der Waals surface area contributed by atoms with Gasteiger partial charge in [0.15, 0.2) is 5.78 Å². The van der Waals surface area contributed by atoms with Gasteiger partial charge in [0.2, 0.25) is 0 Å². The first-order chi connectivity index (χ1) is 15.2. The van der Waals surface area contributed by atoms with Crippen molar-refractivity contribution in [3.63, 3.8) is 0 Å². The number of hydrogen-bond acceptors (Lipinski definition) is 4. The minimum absolute atomic E-state index is 0.0219. The first-order valence-electron chi connectivity index (χ1n) is 13.3. The van der Waals surface area contributed by atoms with Gasteiger partial charge in [0, 0.05) is 11.8 Å². The molecule has 3 N–H and O–H groups in total. The Balaban J connectivity index is 1.69. The predicted octanol–water partition coefficient (Wildman–Crippen LogP) is 5.21.